The number of pyridine rings is 1. The van der Waals surface area contributed by atoms with E-state index < -0.39 is 0 Å². The van der Waals surface area contributed by atoms with Crippen LogP contribution in [0.1, 0.15) is 16.8 Å². The summed E-state index contributed by atoms with van der Waals surface area (Å²) in [6, 6.07) is 25.5. The van der Waals surface area contributed by atoms with Gasteiger partial charge in [-0.2, -0.15) is 17.2 Å². The average Bonchev–Trinajstić information content (AvgIpc) is 2.69. The van der Waals surface area contributed by atoms with Crippen LogP contribution < -0.4 is 9.47 Å². The molecule has 0 saturated heterocycles. The molecule has 0 atom stereocenters. The van der Waals surface area contributed by atoms with E-state index in [0.29, 0.717) is 0 Å². The minimum Gasteiger partial charge on any atom is -0.370 e. The predicted octanol–water partition coefficient (Wildman–Crippen LogP) is 4.71. The maximum atomic E-state index is 4.33. The second kappa shape index (κ2) is 9.25. The van der Waals surface area contributed by atoms with Crippen LogP contribution in [0.4, 0.5) is 5.69 Å². The van der Waals surface area contributed by atoms with Gasteiger partial charge in [-0.05, 0) is 35.4 Å². The zero-order chi connectivity index (χ0) is 18.2. The van der Waals surface area contributed by atoms with E-state index in [1.165, 1.54) is 22.5 Å². The van der Waals surface area contributed by atoms with Gasteiger partial charge in [0.2, 0.25) is 5.69 Å². The summed E-state index contributed by atoms with van der Waals surface area (Å²) < 4.78 is 2.21. The predicted molar refractivity (Wildman–Crippen MR) is 114 cm³/mol. The highest BCUT2D eigenvalue weighted by Gasteiger charge is 2.05. The summed E-state index contributed by atoms with van der Waals surface area (Å²) in [7, 11) is 2.13. The van der Waals surface area contributed by atoms with Crippen molar-refractivity contribution in [1.82, 2.24) is 0 Å². The van der Waals surface area contributed by atoms with Gasteiger partial charge in [0.1, 0.15) is 0 Å². The maximum absolute atomic E-state index is 4.33. The number of benzene rings is 2. The lowest BCUT2D eigenvalue weighted by atomic mass is 10.1. The average molecular weight is 362 g/mol. The molecule has 3 rings (SSSR count). The van der Waals surface area contributed by atoms with Crippen molar-refractivity contribution in [2.24, 2.45) is 0 Å². The van der Waals surface area contributed by atoms with E-state index in [2.05, 4.69) is 120 Å². The molecule has 132 valence electrons. The van der Waals surface area contributed by atoms with Crippen molar-refractivity contribution in [2.75, 3.05) is 17.7 Å². The Kier molecular flexibility index (Phi) is 6.50. The summed E-state index contributed by atoms with van der Waals surface area (Å²) >= 11 is 4.33. The van der Waals surface area contributed by atoms with Gasteiger partial charge in [-0.1, -0.05) is 42.5 Å². The van der Waals surface area contributed by atoms with Crippen molar-refractivity contribution in [1.29, 1.82) is 0 Å². The van der Waals surface area contributed by atoms with E-state index in [1.54, 1.807) is 0 Å². The third-order valence-corrected chi connectivity index (χ3v) is 4.56. The first-order valence-corrected chi connectivity index (χ1v) is 9.52. The lowest BCUT2D eigenvalue weighted by Crippen LogP contribution is -2.37. The molecule has 0 saturated carbocycles. The fraction of sp³-hybridized carbons (Fsp3) is 0.174. The van der Waals surface area contributed by atoms with Crippen molar-refractivity contribution in [2.45, 2.75) is 13.1 Å². The fourth-order valence-corrected chi connectivity index (χ4v) is 3.14. The molecule has 0 spiro atoms. The van der Waals surface area contributed by atoms with Crippen molar-refractivity contribution < 1.29 is 4.57 Å². The molecule has 3 heteroatoms. The van der Waals surface area contributed by atoms with E-state index in [1.807, 2.05) is 0 Å². The molecule has 0 aliphatic carbocycles. The van der Waals surface area contributed by atoms with E-state index in [0.717, 1.165) is 18.8 Å². The van der Waals surface area contributed by atoms with Gasteiger partial charge in [-0.15, -0.1) is 0 Å². The molecule has 1 heterocycles. The molecular formula is C23H25N2S+. The fourth-order valence-electron chi connectivity index (χ4n) is 2.92. The lowest BCUT2D eigenvalue weighted by molar-refractivity contribution is -0.694. The number of anilines is 1. The third-order valence-electron chi connectivity index (χ3n) is 4.36. The first kappa shape index (κ1) is 18.3. The van der Waals surface area contributed by atoms with Crippen LogP contribution in [0.25, 0.3) is 12.2 Å². The van der Waals surface area contributed by atoms with E-state index in [4.69, 9.17) is 0 Å². The number of rotatable bonds is 7. The topological polar surface area (TPSA) is 7.12 Å². The molecule has 0 aliphatic rings. The monoisotopic (exact) mass is 361 g/mol. The normalized spacial score (nSPS) is 11.0. The van der Waals surface area contributed by atoms with Crippen LogP contribution in [0, 0.1) is 0 Å². The van der Waals surface area contributed by atoms with Crippen LogP contribution in [0.15, 0.2) is 79.0 Å². The summed E-state index contributed by atoms with van der Waals surface area (Å²) in [5, 5.41) is 0. The minimum absolute atomic E-state index is 0.831. The zero-order valence-electron chi connectivity index (χ0n) is 15.1. The molecule has 1 aromatic heterocycles. The molecule has 0 bridgehead atoms. The second-order valence-electron chi connectivity index (χ2n) is 6.31. The van der Waals surface area contributed by atoms with Gasteiger partial charge in [0.15, 0.2) is 12.7 Å². The molecule has 3 aromatic rings. The van der Waals surface area contributed by atoms with Gasteiger partial charge < -0.3 is 4.90 Å². The van der Waals surface area contributed by atoms with Crippen molar-refractivity contribution in [3.8, 4) is 0 Å². The Morgan fingerprint density at radius 2 is 1.62 bits per heavy atom. The number of nitrogens with zero attached hydrogens (tertiary/aromatic N) is 2. The van der Waals surface area contributed by atoms with Gasteiger partial charge in [0, 0.05) is 43.2 Å². The number of hydrogen-bond acceptors (Lipinski definition) is 2. The van der Waals surface area contributed by atoms with E-state index >= 15 is 0 Å². The lowest BCUT2D eigenvalue weighted by Gasteiger charge is -2.19. The Bertz CT molecular complexity index is 842. The van der Waals surface area contributed by atoms with Crippen LogP contribution >= 0.6 is 12.6 Å². The largest absolute Gasteiger partial charge is 0.370 e. The standard InChI is InChI=1S/C23H24N2S/c1-24(19-21-7-3-2-4-8-21)22-13-10-20(11-14-22)12-15-23-9-5-6-16-25(23)17-18-26/h2-16H,17-19H2,1H3/p+1. The van der Waals surface area contributed by atoms with E-state index in [9.17, 15) is 0 Å². The van der Waals surface area contributed by atoms with Gasteiger partial charge >= 0.3 is 0 Å². The highest BCUT2D eigenvalue weighted by molar-refractivity contribution is 7.80. The second-order valence-corrected chi connectivity index (χ2v) is 6.76. The third kappa shape index (κ3) is 4.99. The Labute approximate surface area is 161 Å². The van der Waals surface area contributed by atoms with Crippen LogP contribution in [0.3, 0.4) is 0 Å². The molecule has 2 aromatic carbocycles. The van der Waals surface area contributed by atoms with Crippen LogP contribution in [0.2, 0.25) is 0 Å². The highest BCUT2D eigenvalue weighted by atomic mass is 32.1. The van der Waals surface area contributed by atoms with Crippen LogP contribution in [0.5, 0.6) is 0 Å². The molecule has 2 nitrogen and oxygen atoms in total. The summed E-state index contributed by atoms with van der Waals surface area (Å²) in [6.45, 7) is 1.82. The van der Waals surface area contributed by atoms with Crippen LogP contribution in [-0.2, 0) is 13.1 Å². The molecule has 0 radical (unpaired) electrons. The van der Waals surface area contributed by atoms with Crippen molar-refractivity contribution >= 4 is 30.5 Å². The summed E-state index contributed by atoms with van der Waals surface area (Å²) in [5.41, 5.74) is 4.92. The number of aromatic nitrogens is 1. The van der Waals surface area contributed by atoms with Gasteiger partial charge in [0.05, 0.1) is 0 Å². The number of thiol groups is 1. The van der Waals surface area contributed by atoms with E-state index in [-0.39, 0.29) is 0 Å². The molecule has 0 aliphatic heterocycles. The Morgan fingerprint density at radius 1 is 0.885 bits per heavy atom. The molecule has 0 amide bonds. The highest BCUT2D eigenvalue weighted by Crippen LogP contribution is 2.17. The molecule has 0 N–H and O–H groups in total. The van der Waals surface area contributed by atoms with Crippen molar-refractivity contribution in [3.63, 3.8) is 0 Å². The quantitative estimate of drug-likeness (QED) is 0.473. The Hall–Kier alpha value is -2.52. The summed E-state index contributed by atoms with van der Waals surface area (Å²) in [4.78, 5) is 2.26. The van der Waals surface area contributed by atoms with Crippen LogP contribution in [-0.4, -0.2) is 12.8 Å². The molecular weight excluding hydrogens is 336 g/mol. The first-order chi connectivity index (χ1) is 12.8. The van der Waals surface area contributed by atoms with Crippen molar-refractivity contribution in [3.05, 3.63) is 95.8 Å². The maximum Gasteiger partial charge on any atom is 0.205 e. The summed E-state index contributed by atoms with van der Waals surface area (Å²) in [5.74, 6) is 0.831. The van der Waals surface area contributed by atoms with Gasteiger partial charge in [0.25, 0.3) is 0 Å². The minimum atomic E-state index is 0.831. The molecule has 26 heavy (non-hydrogen) atoms. The molecule has 0 fully saturated rings. The number of hydrogen-bond donors (Lipinski definition) is 1. The molecule has 0 unspecified atom stereocenters. The van der Waals surface area contributed by atoms with Gasteiger partial charge in [-0.25, -0.2) is 0 Å². The smallest absolute Gasteiger partial charge is 0.205 e. The number of aryl methyl sites for hydroxylation is 1. The summed E-state index contributed by atoms with van der Waals surface area (Å²) in [6.07, 6.45) is 6.41. The SMILES string of the molecule is CN(Cc1ccccc1)c1ccc(/C=C/c2cccc[n+]2CCS)cc1. The Morgan fingerprint density at radius 3 is 2.35 bits per heavy atom. The first-order valence-electron chi connectivity index (χ1n) is 8.89. The van der Waals surface area contributed by atoms with Gasteiger partial charge in [-0.3, -0.25) is 0 Å². The zero-order valence-corrected chi connectivity index (χ0v) is 16.0. The Balaban J connectivity index is 1.68.